The number of hydrogen-bond acceptors (Lipinski definition) is 3. The van der Waals surface area contributed by atoms with Crippen molar-refractivity contribution in [3.05, 3.63) is 51.1 Å². The predicted molar refractivity (Wildman–Crippen MR) is 107 cm³/mol. The van der Waals surface area contributed by atoms with Gasteiger partial charge in [-0.2, -0.15) is 0 Å². The first kappa shape index (κ1) is 17.5. The zero-order valence-corrected chi connectivity index (χ0v) is 16.0. The lowest BCUT2D eigenvalue weighted by molar-refractivity contribution is 0.798. The molecule has 0 amide bonds. The number of aryl methyl sites for hydroxylation is 3. The third-order valence-corrected chi connectivity index (χ3v) is 5.40. The molecule has 0 aliphatic rings. The molecule has 0 spiro atoms. The Morgan fingerprint density at radius 1 is 1.24 bits per heavy atom. The van der Waals surface area contributed by atoms with Crippen LogP contribution in [0.15, 0.2) is 29.4 Å². The van der Waals surface area contributed by atoms with Gasteiger partial charge in [0.05, 0.1) is 17.2 Å². The van der Waals surface area contributed by atoms with Crippen molar-refractivity contribution in [2.45, 2.75) is 33.7 Å². The van der Waals surface area contributed by atoms with Gasteiger partial charge in [-0.3, -0.25) is 4.99 Å². The average molecular weight is 356 g/mol. The Morgan fingerprint density at radius 2 is 2.08 bits per heavy atom. The highest BCUT2D eigenvalue weighted by Crippen LogP contribution is 2.22. The van der Waals surface area contributed by atoms with Crippen LogP contribution < -0.4 is 10.6 Å². The number of aromatic nitrogens is 2. The number of nitrogens with one attached hydrogen (secondary N) is 3. The van der Waals surface area contributed by atoms with Gasteiger partial charge in [0.2, 0.25) is 0 Å². The Kier molecular flexibility index (Phi) is 5.38. The maximum absolute atomic E-state index is 4.46. The minimum Gasteiger partial charge on any atom is -0.361 e. The van der Waals surface area contributed by atoms with E-state index in [1.807, 2.05) is 6.92 Å². The van der Waals surface area contributed by atoms with E-state index in [9.17, 15) is 0 Å². The summed E-state index contributed by atoms with van der Waals surface area (Å²) < 4.78 is 0. The molecule has 1 aromatic carbocycles. The first-order valence-electron chi connectivity index (χ1n) is 8.51. The van der Waals surface area contributed by atoms with Crippen molar-refractivity contribution < 1.29 is 0 Å². The van der Waals surface area contributed by atoms with Gasteiger partial charge in [0.25, 0.3) is 0 Å². The van der Waals surface area contributed by atoms with Gasteiger partial charge in [-0.05, 0) is 44.4 Å². The maximum atomic E-state index is 4.46. The zero-order valence-electron chi connectivity index (χ0n) is 15.2. The number of hydrogen-bond donors (Lipinski definition) is 3. The van der Waals surface area contributed by atoms with Crippen molar-refractivity contribution in [2.75, 3.05) is 13.6 Å². The molecule has 2 heterocycles. The lowest BCUT2D eigenvalue weighted by Gasteiger charge is -2.11. The fourth-order valence-electron chi connectivity index (χ4n) is 3.09. The smallest absolute Gasteiger partial charge is 0.191 e. The molecule has 132 valence electrons. The fraction of sp³-hybridized carbons (Fsp3) is 0.368. The topological polar surface area (TPSA) is 65.1 Å². The van der Waals surface area contributed by atoms with E-state index < -0.39 is 0 Å². The molecule has 3 rings (SSSR count). The number of guanidine groups is 1. The number of H-pyrrole nitrogens is 1. The second-order valence-electron chi connectivity index (χ2n) is 6.16. The largest absolute Gasteiger partial charge is 0.361 e. The zero-order chi connectivity index (χ0) is 17.8. The maximum Gasteiger partial charge on any atom is 0.191 e. The first-order valence-corrected chi connectivity index (χ1v) is 9.33. The molecule has 5 nitrogen and oxygen atoms in total. The summed E-state index contributed by atoms with van der Waals surface area (Å²) in [7, 11) is 1.80. The summed E-state index contributed by atoms with van der Waals surface area (Å²) in [6.07, 6.45) is 3.06. The number of fused-ring (bicyclic) bond motifs is 1. The molecular weight excluding hydrogens is 330 g/mol. The van der Waals surface area contributed by atoms with Crippen molar-refractivity contribution in [1.82, 2.24) is 20.6 Å². The van der Waals surface area contributed by atoms with Gasteiger partial charge in [-0.1, -0.05) is 12.1 Å². The number of rotatable bonds is 5. The molecule has 0 aliphatic carbocycles. The summed E-state index contributed by atoms with van der Waals surface area (Å²) in [5, 5.41) is 9.21. The average Bonchev–Trinajstić information content (AvgIpc) is 3.14. The minimum atomic E-state index is 0.753. The van der Waals surface area contributed by atoms with Crippen molar-refractivity contribution in [3.8, 4) is 0 Å². The second kappa shape index (κ2) is 7.70. The summed E-state index contributed by atoms with van der Waals surface area (Å²) in [4.78, 5) is 13.4. The normalized spacial score (nSPS) is 11.9. The van der Waals surface area contributed by atoms with E-state index in [0.29, 0.717) is 0 Å². The molecule has 0 atom stereocenters. The van der Waals surface area contributed by atoms with Gasteiger partial charge in [0.15, 0.2) is 5.96 Å². The van der Waals surface area contributed by atoms with Gasteiger partial charge in [0, 0.05) is 35.6 Å². The molecule has 0 unspecified atom stereocenters. The third-order valence-electron chi connectivity index (χ3n) is 4.32. The standard InChI is InChI=1S/C19H25N5S/c1-12-6-5-7-16-18(12)15(10-22-16)8-9-21-19(20-4)23-11-17-13(2)24-14(3)25-17/h5-7,10,22H,8-9,11H2,1-4H3,(H2,20,21,23). The molecule has 0 aliphatic heterocycles. The molecule has 0 radical (unpaired) electrons. The van der Waals surface area contributed by atoms with Crippen molar-refractivity contribution in [1.29, 1.82) is 0 Å². The van der Waals surface area contributed by atoms with Crippen molar-refractivity contribution in [2.24, 2.45) is 4.99 Å². The van der Waals surface area contributed by atoms with E-state index in [0.717, 1.165) is 36.2 Å². The number of aromatic amines is 1. The molecule has 6 heteroatoms. The van der Waals surface area contributed by atoms with Crippen LogP contribution in [0, 0.1) is 20.8 Å². The summed E-state index contributed by atoms with van der Waals surface area (Å²) in [5.41, 5.74) is 4.95. The van der Waals surface area contributed by atoms with Crippen LogP contribution in [0.3, 0.4) is 0 Å². The van der Waals surface area contributed by atoms with Crippen molar-refractivity contribution >= 4 is 28.2 Å². The van der Waals surface area contributed by atoms with E-state index in [4.69, 9.17) is 0 Å². The summed E-state index contributed by atoms with van der Waals surface area (Å²) >= 11 is 1.73. The van der Waals surface area contributed by atoms with Crippen LogP contribution in [0.2, 0.25) is 0 Å². The molecule has 0 saturated carbocycles. The molecule has 0 fully saturated rings. The van der Waals surface area contributed by atoms with Crippen LogP contribution in [-0.2, 0) is 13.0 Å². The van der Waals surface area contributed by atoms with Gasteiger partial charge in [-0.25, -0.2) is 4.98 Å². The third kappa shape index (κ3) is 4.02. The fourth-order valence-corrected chi connectivity index (χ4v) is 3.96. The van der Waals surface area contributed by atoms with Gasteiger partial charge >= 0.3 is 0 Å². The van der Waals surface area contributed by atoms with Gasteiger partial charge < -0.3 is 15.6 Å². The van der Waals surface area contributed by atoms with E-state index in [1.54, 1.807) is 18.4 Å². The molecule has 3 aromatic rings. The molecule has 3 N–H and O–H groups in total. The van der Waals surface area contributed by atoms with Crippen LogP contribution >= 0.6 is 11.3 Å². The SMILES string of the molecule is CN=C(NCCc1c[nH]c2cccc(C)c12)NCc1sc(C)nc1C. The Morgan fingerprint density at radius 3 is 2.80 bits per heavy atom. The molecule has 0 saturated heterocycles. The molecule has 2 aromatic heterocycles. The van der Waals surface area contributed by atoms with Crippen LogP contribution in [0.1, 0.15) is 26.7 Å². The van der Waals surface area contributed by atoms with E-state index in [2.05, 4.69) is 63.8 Å². The molecule has 0 bridgehead atoms. The Labute approximate surface area is 152 Å². The monoisotopic (exact) mass is 355 g/mol. The van der Waals surface area contributed by atoms with Crippen LogP contribution in [0.4, 0.5) is 0 Å². The van der Waals surface area contributed by atoms with Gasteiger partial charge in [0.1, 0.15) is 0 Å². The van der Waals surface area contributed by atoms with E-state index in [-0.39, 0.29) is 0 Å². The highest BCUT2D eigenvalue weighted by atomic mass is 32.1. The van der Waals surface area contributed by atoms with Crippen LogP contribution in [-0.4, -0.2) is 29.5 Å². The second-order valence-corrected chi connectivity index (χ2v) is 7.44. The quantitative estimate of drug-likeness (QED) is 0.485. The number of benzene rings is 1. The summed E-state index contributed by atoms with van der Waals surface area (Å²) in [6.45, 7) is 7.84. The number of nitrogens with zero attached hydrogens (tertiary/aromatic N) is 2. The minimum absolute atomic E-state index is 0.753. The van der Waals surface area contributed by atoms with E-state index >= 15 is 0 Å². The predicted octanol–water partition coefficient (Wildman–Crippen LogP) is 3.46. The summed E-state index contributed by atoms with van der Waals surface area (Å²) in [6, 6.07) is 6.37. The Balaban J connectivity index is 1.55. The Bertz CT molecular complexity index is 890. The van der Waals surface area contributed by atoms with Gasteiger partial charge in [-0.15, -0.1) is 11.3 Å². The molecule has 25 heavy (non-hydrogen) atoms. The number of aliphatic imine (C=N–C) groups is 1. The highest BCUT2D eigenvalue weighted by Gasteiger charge is 2.08. The highest BCUT2D eigenvalue weighted by molar-refractivity contribution is 7.11. The Hall–Kier alpha value is -2.34. The van der Waals surface area contributed by atoms with E-state index in [1.165, 1.54) is 26.9 Å². The molecular formula is C19H25N5S. The van der Waals surface area contributed by atoms with Crippen LogP contribution in [0.5, 0.6) is 0 Å². The first-order chi connectivity index (χ1) is 12.1. The summed E-state index contributed by atoms with van der Waals surface area (Å²) in [5.74, 6) is 0.821. The lowest BCUT2D eigenvalue weighted by Crippen LogP contribution is -2.37. The van der Waals surface area contributed by atoms with Crippen LogP contribution in [0.25, 0.3) is 10.9 Å². The lowest BCUT2D eigenvalue weighted by atomic mass is 10.1. The number of thiazole rings is 1. The van der Waals surface area contributed by atoms with Crippen molar-refractivity contribution in [3.63, 3.8) is 0 Å².